The Kier molecular flexibility index (Phi) is 2.92. The second-order valence-electron chi connectivity index (χ2n) is 4.54. The fourth-order valence-electron chi connectivity index (χ4n) is 2.13. The predicted molar refractivity (Wildman–Crippen MR) is 75.2 cm³/mol. The molecule has 0 saturated carbocycles. The number of halogens is 1. The molecular formula is C16H9FN2O2. The molecule has 0 radical (unpaired) electrons. The van der Waals surface area contributed by atoms with Crippen molar-refractivity contribution in [2.24, 2.45) is 0 Å². The summed E-state index contributed by atoms with van der Waals surface area (Å²) in [4.78, 5) is 4.35. The number of rotatable bonds is 1. The number of nitriles is 1. The van der Waals surface area contributed by atoms with Crippen LogP contribution in [0.2, 0.25) is 0 Å². The highest BCUT2D eigenvalue weighted by atomic mass is 19.1. The molecule has 0 fully saturated rings. The van der Waals surface area contributed by atoms with Crippen molar-refractivity contribution in [3.63, 3.8) is 0 Å². The van der Waals surface area contributed by atoms with E-state index in [2.05, 4.69) is 4.98 Å². The van der Waals surface area contributed by atoms with Gasteiger partial charge in [0.2, 0.25) is 0 Å². The molecule has 3 rings (SSSR count). The molecule has 3 aromatic rings. The molecule has 21 heavy (non-hydrogen) atoms. The summed E-state index contributed by atoms with van der Waals surface area (Å²) < 4.78 is 13.4. The zero-order valence-electron chi connectivity index (χ0n) is 10.7. The van der Waals surface area contributed by atoms with E-state index in [-0.39, 0.29) is 11.3 Å². The van der Waals surface area contributed by atoms with Crippen molar-refractivity contribution < 1.29 is 14.6 Å². The maximum Gasteiger partial charge on any atom is 0.165 e. The van der Waals surface area contributed by atoms with E-state index < -0.39 is 11.6 Å². The Balaban J connectivity index is 2.23. The third-order valence-corrected chi connectivity index (χ3v) is 3.14. The lowest BCUT2D eigenvalue weighted by Crippen LogP contribution is -1.89. The quantitative estimate of drug-likeness (QED) is 0.716. The maximum atomic E-state index is 13.4. The van der Waals surface area contributed by atoms with Crippen LogP contribution in [0.5, 0.6) is 11.5 Å². The molecule has 2 N–H and O–H groups in total. The molecular weight excluding hydrogens is 271 g/mol. The van der Waals surface area contributed by atoms with Crippen molar-refractivity contribution >= 4 is 10.9 Å². The Morgan fingerprint density at radius 2 is 1.86 bits per heavy atom. The van der Waals surface area contributed by atoms with Crippen molar-refractivity contribution in [3.05, 3.63) is 53.8 Å². The van der Waals surface area contributed by atoms with Crippen molar-refractivity contribution in [1.29, 1.82) is 5.26 Å². The zero-order valence-corrected chi connectivity index (χ0v) is 10.7. The van der Waals surface area contributed by atoms with Crippen molar-refractivity contribution in [3.8, 4) is 28.8 Å². The van der Waals surface area contributed by atoms with E-state index in [0.717, 1.165) is 0 Å². The van der Waals surface area contributed by atoms with Crippen molar-refractivity contribution in [1.82, 2.24) is 4.98 Å². The molecule has 0 saturated heterocycles. The van der Waals surface area contributed by atoms with Crippen LogP contribution in [-0.2, 0) is 0 Å². The smallest absolute Gasteiger partial charge is 0.165 e. The highest BCUT2D eigenvalue weighted by Gasteiger charge is 2.09. The van der Waals surface area contributed by atoms with Crippen molar-refractivity contribution in [2.75, 3.05) is 0 Å². The van der Waals surface area contributed by atoms with E-state index >= 15 is 0 Å². The number of hydrogen-bond acceptors (Lipinski definition) is 4. The molecule has 5 heteroatoms. The Labute approximate surface area is 119 Å². The first-order valence-corrected chi connectivity index (χ1v) is 6.11. The first kappa shape index (κ1) is 12.9. The Bertz CT molecular complexity index is 901. The minimum absolute atomic E-state index is 0.00993. The summed E-state index contributed by atoms with van der Waals surface area (Å²) in [6, 6.07) is 12.1. The molecule has 0 aliphatic carbocycles. The zero-order chi connectivity index (χ0) is 15.0. The van der Waals surface area contributed by atoms with E-state index in [1.807, 2.05) is 6.07 Å². The van der Waals surface area contributed by atoms with E-state index in [9.17, 15) is 14.6 Å². The van der Waals surface area contributed by atoms with Gasteiger partial charge in [-0.2, -0.15) is 5.26 Å². The van der Waals surface area contributed by atoms with E-state index in [4.69, 9.17) is 5.26 Å². The Morgan fingerprint density at radius 3 is 2.57 bits per heavy atom. The highest BCUT2D eigenvalue weighted by Crippen LogP contribution is 2.28. The molecule has 0 aliphatic rings. The molecule has 0 aliphatic heterocycles. The summed E-state index contributed by atoms with van der Waals surface area (Å²) in [5.41, 5.74) is 1.64. The number of phenols is 2. The predicted octanol–water partition coefficient (Wildman–Crippen LogP) is 3.32. The van der Waals surface area contributed by atoms with Gasteiger partial charge in [0.1, 0.15) is 11.8 Å². The third kappa shape index (κ3) is 2.23. The number of aromatic hydroxyl groups is 2. The number of aromatic nitrogens is 1. The van der Waals surface area contributed by atoms with Gasteiger partial charge < -0.3 is 10.2 Å². The molecule has 0 bridgehead atoms. The monoisotopic (exact) mass is 280 g/mol. The minimum Gasteiger partial charge on any atom is -0.508 e. The van der Waals surface area contributed by atoms with Crippen LogP contribution in [0, 0.1) is 17.1 Å². The molecule has 2 aromatic carbocycles. The Hall–Kier alpha value is -3.13. The number of pyridine rings is 1. The van der Waals surface area contributed by atoms with Crippen LogP contribution >= 0.6 is 0 Å². The molecule has 4 nitrogen and oxygen atoms in total. The number of benzene rings is 2. The molecule has 0 amide bonds. The standard InChI is InChI=1S/C16H9FN2O2/c17-13-7-9(2-4-15(13)21)14-3-1-10-5-12(20)6-11(8-18)16(10)19-14/h1-7,20-21H. The second-order valence-corrected chi connectivity index (χ2v) is 4.54. The third-order valence-electron chi connectivity index (χ3n) is 3.14. The van der Waals surface area contributed by atoms with E-state index in [1.54, 1.807) is 18.2 Å². The molecule has 1 aromatic heterocycles. The molecule has 1 heterocycles. The van der Waals surface area contributed by atoms with Crippen LogP contribution < -0.4 is 0 Å². The van der Waals surface area contributed by atoms with Crippen LogP contribution in [-0.4, -0.2) is 15.2 Å². The molecule has 102 valence electrons. The van der Waals surface area contributed by atoms with Gasteiger partial charge in [-0.15, -0.1) is 0 Å². The van der Waals surface area contributed by atoms with E-state index in [0.29, 0.717) is 22.2 Å². The lowest BCUT2D eigenvalue weighted by Gasteiger charge is -2.06. The van der Waals surface area contributed by atoms with Gasteiger partial charge in [0, 0.05) is 10.9 Å². The molecule has 0 unspecified atom stereocenters. The SMILES string of the molecule is N#Cc1cc(O)cc2ccc(-c3ccc(O)c(F)c3)nc12. The molecule has 0 atom stereocenters. The fraction of sp³-hybridized carbons (Fsp3) is 0. The van der Waals surface area contributed by atoms with Gasteiger partial charge in [-0.25, -0.2) is 9.37 Å². The summed E-state index contributed by atoms with van der Waals surface area (Å²) >= 11 is 0. The largest absolute Gasteiger partial charge is 0.508 e. The fourth-order valence-corrected chi connectivity index (χ4v) is 2.13. The average Bonchev–Trinajstić information content (AvgIpc) is 2.48. The molecule has 0 spiro atoms. The number of phenolic OH excluding ortho intramolecular Hbond substituents is 2. The maximum absolute atomic E-state index is 13.4. The normalized spacial score (nSPS) is 10.5. The van der Waals surface area contributed by atoms with Gasteiger partial charge in [0.15, 0.2) is 11.6 Å². The summed E-state index contributed by atoms with van der Waals surface area (Å²) in [7, 11) is 0. The van der Waals surface area contributed by atoms with Crippen molar-refractivity contribution in [2.45, 2.75) is 0 Å². The lowest BCUT2D eigenvalue weighted by atomic mass is 10.1. The summed E-state index contributed by atoms with van der Waals surface area (Å²) in [5.74, 6) is -1.17. The van der Waals surface area contributed by atoms with Gasteiger partial charge in [-0.05, 0) is 36.4 Å². The number of nitrogens with zero attached hydrogens (tertiary/aromatic N) is 2. The number of fused-ring (bicyclic) bond motifs is 1. The van der Waals surface area contributed by atoms with Crippen LogP contribution in [0.1, 0.15) is 5.56 Å². The number of hydrogen-bond donors (Lipinski definition) is 2. The summed E-state index contributed by atoms with van der Waals surface area (Å²) in [6.45, 7) is 0. The summed E-state index contributed by atoms with van der Waals surface area (Å²) in [6.07, 6.45) is 0. The Morgan fingerprint density at radius 1 is 1.05 bits per heavy atom. The van der Waals surface area contributed by atoms with Gasteiger partial charge in [-0.3, -0.25) is 0 Å². The van der Waals surface area contributed by atoms with Crippen LogP contribution in [0.4, 0.5) is 4.39 Å². The highest BCUT2D eigenvalue weighted by molar-refractivity contribution is 5.87. The topological polar surface area (TPSA) is 77.1 Å². The first-order valence-electron chi connectivity index (χ1n) is 6.11. The van der Waals surface area contributed by atoms with Gasteiger partial charge >= 0.3 is 0 Å². The average molecular weight is 280 g/mol. The lowest BCUT2D eigenvalue weighted by molar-refractivity contribution is 0.432. The van der Waals surface area contributed by atoms with Gasteiger partial charge in [0.25, 0.3) is 0 Å². The van der Waals surface area contributed by atoms with Gasteiger partial charge in [0.05, 0.1) is 16.8 Å². The second kappa shape index (κ2) is 4.76. The van der Waals surface area contributed by atoms with E-state index in [1.165, 1.54) is 24.3 Å². The van der Waals surface area contributed by atoms with Crippen LogP contribution in [0.3, 0.4) is 0 Å². The summed E-state index contributed by atoms with van der Waals surface area (Å²) in [5, 5.41) is 28.5. The van der Waals surface area contributed by atoms with Crippen LogP contribution in [0.15, 0.2) is 42.5 Å². The van der Waals surface area contributed by atoms with Gasteiger partial charge in [-0.1, -0.05) is 6.07 Å². The first-order chi connectivity index (χ1) is 10.1. The van der Waals surface area contributed by atoms with Crippen LogP contribution in [0.25, 0.3) is 22.2 Å². The minimum atomic E-state index is -0.736.